The van der Waals surface area contributed by atoms with Crippen molar-refractivity contribution in [2.75, 3.05) is 0 Å². The highest BCUT2D eigenvalue weighted by Crippen LogP contribution is 2.36. The minimum atomic E-state index is -0.725. The van der Waals surface area contributed by atoms with Gasteiger partial charge in [-0.15, -0.1) is 0 Å². The van der Waals surface area contributed by atoms with E-state index in [4.69, 9.17) is 20.9 Å². The first-order chi connectivity index (χ1) is 7.74. The Morgan fingerprint density at radius 3 is 2.24 bits per heavy atom. The topological polar surface area (TPSA) is 51.3 Å². The molecule has 0 radical (unpaired) electrons. The predicted molar refractivity (Wildman–Crippen MR) is 67.8 cm³/mol. The molecule has 0 amide bonds. The lowest BCUT2D eigenvalue weighted by atomic mass is 9.80. The van der Waals surface area contributed by atoms with E-state index in [1.54, 1.807) is 0 Å². The van der Waals surface area contributed by atoms with E-state index in [0.717, 1.165) is 0 Å². The Morgan fingerprint density at radius 1 is 1.24 bits per heavy atom. The third-order valence-electron chi connectivity index (χ3n) is 3.44. The first kappa shape index (κ1) is 12.7. The first-order valence-corrected chi connectivity index (χ1v) is 5.85. The molecule has 1 N–H and O–H groups in total. The second-order valence-electron chi connectivity index (χ2n) is 5.16. The number of aromatic amines is 1. The van der Waals surface area contributed by atoms with Crippen LogP contribution >= 0.6 is 11.6 Å². The Morgan fingerprint density at radius 2 is 1.76 bits per heavy atom. The van der Waals surface area contributed by atoms with Crippen LogP contribution in [0.5, 0.6) is 0 Å². The molecule has 17 heavy (non-hydrogen) atoms. The molecule has 92 valence electrons. The zero-order valence-electron chi connectivity index (χ0n) is 10.3. The number of halogens is 1. The van der Waals surface area contributed by atoms with Crippen molar-refractivity contribution in [2.24, 2.45) is 0 Å². The molecule has 0 aromatic carbocycles. The van der Waals surface area contributed by atoms with Gasteiger partial charge in [-0.1, -0.05) is 11.6 Å². The molecule has 0 bridgehead atoms. The van der Waals surface area contributed by atoms with Gasteiger partial charge in [0.25, 0.3) is 0 Å². The van der Waals surface area contributed by atoms with Crippen LogP contribution in [0.3, 0.4) is 0 Å². The maximum Gasteiger partial charge on any atom is 0.501 e. The van der Waals surface area contributed by atoms with Crippen LogP contribution in [-0.2, 0) is 9.31 Å². The highest BCUT2D eigenvalue weighted by Gasteiger charge is 2.53. The van der Waals surface area contributed by atoms with E-state index in [9.17, 15) is 4.79 Å². The van der Waals surface area contributed by atoms with E-state index in [2.05, 4.69) is 4.98 Å². The van der Waals surface area contributed by atoms with Crippen molar-refractivity contribution < 1.29 is 9.31 Å². The summed E-state index contributed by atoms with van der Waals surface area (Å²) < 4.78 is 11.6. The zero-order valence-corrected chi connectivity index (χ0v) is 11.1. The van der Waals surface area contributed by atoms with Gasteiger partial charge in [0, 0.05) is 12.3 Å². The summed E-state index contributed by atoms with van der Waals surface area (Å²) in [6, 6.07) is 1.41. The van der Waals surface area contributed by atoms with E-state index in [1.807, 2.05) is 27.7 Å². The lowest BCUT2D eigenvalue weighted by Crippen LogP contribution is -2.44. The number of hydrogen-bond acceptors (Lipinski definition) is 3. The van der Waals surface area contributed by atoms with Gasteiger partial charge in [-0.2, -0.15) is 0 Å². The second kappa shape index (κ2) is 3.87. The van der Waals surface area contributed by atoms with E-state index < -0.39 is 18.3 Å². The monoisotopic (exact) mass is 255 g/mol. The Balaban J connectivity index is 2.43. The van der Waals surface area contributed by atoms with Crippen molar-refractivity contribution in [3.63, 3.8) is 0 Å². The van der Waals surface area contributed by atoms with Crippen LogP contribution in [0, 0.1) is 0 Å². The molecule has 0 saturated carbocycles. The predicted octanol–water partition coefficient (Wildman–Crippen LogP) is 1.33. The number of H-pyrrole nitrogens is 1. The van der Waals surface area contributed by atoms with Crippen molar-refractivity contribution in [1.82, 2.24) is 4.98 Å². The fraction of sp³-hybridized carbons (Fsp3) is 0.545. The highest BCUT2D eigenvalue weighted by molar-refractivity contribution is 6.65. The molecule has 0 atom stereocenters. The summed E-state index contributed by atoms with van der Waals surface area (Å²) in [6.07, 6.45) is 1.50. The van der Waals surface area contributed by atoms with Crippen LogP contribution in [0.15, 0.2) is 17.1 Å². The molecule has 2 heterocycles. The Labute approximate surface area is 105 Å². The van der Waals surface area contributed by atoms with Gasteiger partial charge in [-0.25, -0.2) is 0 Å². The summed E-state index contributed by atoms with van der Waals surface area (Å²) >= 11 is 5.98. The smallest absolute Gasteiger partial charge is 0.399 e. The van der Waals surface area contributed by atoms with Crippen LogP contribution in [-0.4, -0.2) is 23.3 Å². The molecule has 1 fully saturated rings. The lowest BCUT2D eigenvalue weighted by Gasteiger charge is -2.32. The average Bonchev–Trinajstić information content (AvgIpc) is 2.35. The van der Waals surface area contributed by atoms with Crippen LogP contribution in [0.2, 0.25) is 5.15 Å². The normalized spacial score (nSPS) is 21.8. The molecule has 0 aliphatic carbocycles. The summed E-state index contributed by atoms with van der Waals surface area (Å²) in [5, 5.41) is 0.260. The van der Waals surface area contributed by atoms with E-state index in [-0.39, 0.29) is 10.6 Å². The van der Waals surface area contributed by atoms with Crippen molar-refractivity contribution in [1.29, 1.82) is 0 Å². The Kier molecular flexibility index (Phi) is 2.88. The zero-order chi connectivity index (χ0) is 12.8. The maximum atomic E-state index is 11.8. The van der Waals surface area contributed by atoms with E-state index >= 15 is 0 Å². The molecule has 1 saturated heterocycles. The van der Waals surface area contributed by atoms with Crippen LogP contribution < -0.4 is 10.9 Å². The van der Waals surface area contributed by atoms with Gasteiger partial charge in [-0.3, -0.25) is 4.79 Å². The molecule has 0 spiro atoms. The molecule has 1 aromatic rings. The maximum absolute atomic E-state index is 11.8. The van der Waals surface area contributed by atoms with Crippen LogP contribution in [0.1, 0.15) is 27.7 Å². The minimum Gasteiger partial charge on any atom is -0.399 e. The van der Waals surface area contributed by atoms with Crippen LogP contribution in [0.4, 0.5) is 0 Å². The van der Waals surface area contributed by atoms with Gasteiger partial charge in [0.1, 0.15) is 5.15 Å². The van der Waals surface area contributed by atoms with Gasteiger partial charge < -0.3 is 14.3 Å². The summed E-state index contributed by atoms with van der Waals surface area (Å²) in [5.41, 5.74) is -0.827. The van der Waals surface area contributed by atoms with Crippen LogP contribution in [0.25, 0.3) is 0 Å². The number of aromatic nitrogens is 1. The SMILES string of the molecule is CC1(C)OB(c2c(Cl)[nH]ccc2=O)OC1(C)C. The average molecular weight is 256 g/mol. The van der Waals surface area contributed by atoms with E-state index in [0.29, 0.717) is 5.46 Å². The highest BCUT2D eigenvalue weighted by atomic mass is 35.5. The fourth-order valence-corrected chi connectivity index (χ4v) is 1.89. The molecular formula is C11H15BClNO3. The van der Waals surface area contributed by atoms with Crippen molar-refractivity contribution in [3.8, 4) is 0 Å². The molecule has 2 rings (SSSR count). The van der Waals surface area contributed by atoms with Gasteiger partial charge in [-0.05, 0) is 27.7 Å². The molecule has 6 heteroatoms. The molecule has 1 aromatic heterocycles. The third-order valence-corrected chi connectivity index (χ3v) is 3.75. The largest absolute Gasteiger partial charge is 0.501 e. The molecular weight excluding hydrogens is 240 g/mol. The van der Waals surface area contributed by atoms with Gasteiger partial charge in [0.2, 0.25) is 0 Å². The number of pyridine rings is 1. The van der Waals surface area contributed by atoms with Crippen molar-refractivity contribution in [2.45, 2.75) is 38.9 Å². The Bertz CT molecular complexity index is 482. The van der Waals surface area contributed by atoms with Gasteiger partial charge in [0.15, 0.2) is 5.43 Å². The van der Waals surface area contributed by atoms with Gasteiger partial charge in [0.05, 0.1) is 16.7 Å². The van der Waals surface area contributed by atoms with Gasteiger partial charge >= 0.3 is 7.12 Å². The minimum absolute atomic E-state index is 0.188. The standard InChI is InChI=1S/C11H15BClNO3/c1-10(2)11(3,4)17-12(16-10)8-7(15)5-6-14-9(8)13/h5-6H,1-4H3,(H,14,15). The summed E-state index contributed by atoms with van der Waals surface area (Å²) in [5.74, 6) is 0. The number of hydrogen-bond donors (Lipinski definition) is 1. The van der Waals surface area contributed by atoms with Crippen molar-refractivity contribution in [3.05, 3.63) is 27.6 Å². The summed E-state index contributed by atoms with van der Waals surface area (Å²) in [7, 11) is -0.725. The summed E-state index contributed by atoms with van der Waals surface area (Å²) in [4.78, 5) is 14.6. The second-order valence-corrected chi connectivity index (χ2v) is 5.54. The Hall–Kier alpha value is -0.775. The molecule has 0 unspecified atom stereocenters. The fourth-order valence-electron chi connectivity index (χ4n) is 1.65. The third kappa shape index (κ3) is 2.03. The van der Waals surface area contributed by atoms with Crippen molar-refractivity contribution >= 4 is 24.2 Å². The first-order valence-electron chi connectivity index (χ1n) is 5.47. The summed E-state index contributed by atoms with van der Waals surface area (Å²) in [6.45, 7) is 7.71. The number of nitrogens with one attached hydrogen (secondary N) is 1. The molecule has 1 aliphatic heterocycles. The molecule has 1 aliphatic rings. The van der Waals surface area contributed by atoms with E-state index in [1.165, 1.54) is 12.3 Å². The quantitative estimate of drug-likeness (QED) is 0.608. The molecule has 4 nitrogen and oxygen atoms in total. The number of rotatable bonds is 1. The lowest BCUT2D eigenvalue weighted by molar-refractivity contribution is 0.00578.